The third-order valence-electron chi connectivity index (χ3n) is 7.03. The molecule has 8 nitrogen and oxygen atoms in total. The highest BCUT2D eigenvalue weighted by molar-refractivity contribution is 5.91. The van der Waals surface area contributed by atoms with Crippen molar-refractivity contribution in [3.8, 4) is 0 Å². The van der Waals surface area contributed by atoms with E-state index in [0.717, 1.165) is 37.1 Å². The average molecular weight is 543 g/mol. The molecule has 0 aliphatic heterocycles. The third kappa shape index (κ3) is 6.88. The van der Waals surface area contributed by atoms with Crippen LogP contribution in [0.2, 0.25) is 0 Å². The van der Waals surface area contributed by atoms with Gasteiger partial charge in [-0.3, -0.25) is 9.59 Å². The minimum absolute atomic E-state index is 0.0878. The second-order valence-corrected chi connectivity index (χ2v) is 9.88. The Morgan fingerprint density at radius 2 is 1.10 bits per heavy atom. The van der Waals surface area contributed by atoms with Gasteiger partial charge in [-0.1, -0.05) is 42.8 Å². The summed E-state index contributed by atoms with van der Waals surface area (Å²) in [5, 5.41) is 22.4. The van der Waals surface area contributed by atoms with E-state index in [-0.39, 0.29) is 36.5 Å². The van der Waals surface area contributed by atoms with E-state index in [9.17, 15) is 18.4 Å². The smallest absolute Gasteiger partial charge is 0.230 e. The van der Waals surface area contributed by atoms with E-state index in [2.05, 4.69) is 31.0 Å². The quantitative estimate of drug-likeness (QED) is 0.311. The van der Waals surface area contributed by atoms with Crippen molar-refractivity contribution in [2.75, 3.05) is 10.6 Å². The number of aromatic nitrogens is 4. The number of hydrogen-bond acceptors (Lipinski definition) is 6. The molecule has 204 valence electrons. The van der Waals surface area contributed by atoms with E-state index >= 15 is 0 Å². The monoisotopic (exact) mass is 542 g/mol. The van der Waals surface area contributed by atoms with Gasteiger partial charge < -0.3 is 10.6 Å². The normalized spacial score (nSPS) is 16.8. The zero-order valence-electron chi connectivity index (χ0n) is 21.7. The van der Waals surface area contributed by atoms with Gasteiger partial charge in [0.05, 0.1) is 24.2 Å². The van der Waals surface area contributed by atoms with Crippen molar-refractivity contribution in [3.05, 3.63) is 107 Å². The van der Waals surface area contributed by atoms with Crippen molar-refractivity contribution in [1.82, 2.24) is 20.4 Å². The molecule has 0 spiro atoms. The molecule has 0 saturated heterocycles. The van der Waals surface area contributed by atoms with Crippen molar-refractivity contribution in [1.29, 1.82) is 0 Å². The molecule has 0 unspecified atom stereocenters. The molecular weight excluding hydrogens is 514 g/mol. The molecule has 1 aliphatic carbocycles. The number of rotatable bonds is 8. The van der Waals surface area contributed by atoms with Gasteiger partial charge in [0.1, 0.15) is 11.6 Å². The second kappa shape index (κ2) is 12.5. The van der Waals surface area contributed by atoms with Crippen LogP contribution in [0, 0.1) is 11.6 Å². The van der Waals surface area contributed by atoms with Gasteiger partial charge in [-0.25, -0.2) is 8.78 Å². The van der Waals surface area contributed by atoms with Crippen molar-refractivity contribution in [3.63, 3.8) is 0 Å². The van der Waals surface area contributed by atoms with E-state index in [1.54, 1.807) is 48.5 Å². The van der Waals surface area contributed by atoms with Gasteiger partial charge in [0.15, 0.2) is 11.6 Å². The van der Waals surface area contributed by atoms with Crippen LogP contribution in [0.5, 0.6) is 0 Å². The van der Waals surface area contributed by atoms with Crippen molar-refractivity contribution < 1.29 is 18.4 Å². The Morgan fingerprint density at radius 3 is 1.50 bits per heavy atom. The maximum absolute atomic E-state index is 13.8. The highest BCUT2D eigenvalue weighted by Crippen LogP contribution is 2.40. The Morgan fingerprint density at radius 1 is 0.650 bits per heavy atom. The van der Waals surface area contributed by atoms with Crippen LogP contribution in [0.1, 0.15) is 60.0 Å². The van der Waals surface area contributed by atoms with Crippen LogP contribution in [-0.4, -0.2) is 32.2 Å². The van der Waals surface area contributed by atoms with Gasteiger partial charge in [-0.15, -0.1) is 10.2 Å². The van der Waals surface area contributed by atoms with Crippen LogP contribution in [0.25, 0.3) is 0 Å². The summed E-state index contributed by atoms with van der Waals surface area (Å²) in [5.74, 6) is -0.588. The molecular formula is C30H28F2N6O2. The molecule has 0 bridgehead atoms. The topological polar surface area (TPSA) is 110 Å². The molecule has 1 fully saturated rings. The molecule has 2 atom stereocenters. The summed E-state index contributed by atoms with van der Waals surface area (Å²) in [6, 6.07) is 19.5. The van der Waals surface area contributed by atoms with Crippen molar-refractivity contribution >= 4 is 23.5 Å². The zero-order valence-corrected chi connectivity index (χ0v) is 21.7. The minimum atomic E-state index is -0.422. The Kier molecular flexibility index (Phi) is 8.44. The highest BCUT2D eigenvalue weighted by atomic mass is 19.1. The number of hydrogen-bond donors (Lipinski definition) is 2. The lowest BCUT2D eigenvalue weighted by Crippen LogP contribution is -2.19. The number of carbonyl (C=O) groups is 2. The summed E-state index contributed by atoms with van der Waals surface area (Å²) in [7, 11) is 0. The van der Waals surface area contributed by atoms with Gasteiger partial charge in [0.25, 0.3) is 0 Å². The van der Waals surface area contributed by atoms with E-state index in [1.807, 2.05) is 12.1 Å². The summed E-state index contributed by atoms with van der Waals surface area (Å²) in [6.45, 7) is 0. The average Bonchev–Trinajstić information content (AvgIpc) is 2.96. The van der Waals surface area contributed by atoms with Crippen LogP contribution >= 0.6 is 0 Å². The molecule has 2 N–H and O–H groups in total. The van der Waals surface area contributed by atoms with Gasteiger partial charge in [-0.2, -0.15) is 10.2 Å². The van der Waals surface area contributed by atoms with Gasteiger partial charge in [-0.05, 0) is 66.8 Å². The molecule has 1 aliphatic rings. The minimum Gasteiger partial charge on any atom is -0.309 e. The molecule has 1 saturated carbocycles. The Bertz CT molecular complexity index is 1370. The van der Waals surface area contributed by atoms with E-state index in [4.69, 9.17) is 0 Å². The fraction of sp³-hybridized carbons (Fsp3) is 0.267. The molecule has 0 radical (unpaired) electrons. The first kappa shape index (κ1) is 27.0. The number of anilines is 2. The van der Waals surface area contributed by atoms with Crippen LogP contribution in [0.3, 0.4) is 0 Å². The lowest BCUT2D eigenvalue weighted by Gasteiger charge is -2.28. The fourth-order valence-electron chi connectivity index (χ4n) is 4.98. The molecule has 2 aromatic carbocycles. The van der Waals surface area contributed by atoms with Crippen molar-refractivity contribution in [2.45, 2.75) is 50.4 Å². The highest BCUT2D eigenvalue weighted by Gasteiger charge is 2.27. The SMILES string of the molecule is O=C(Cc1ccccc1F)Nc1ccc([C@H]2CCC[C@H](c3ccc(NC(=O)Cc4ccccc4F)nn3)C2)nn1. The maximum atomic E-state index is 13.8. The van der Waals surface area contributed by atoms with E-state index < -0.39 is 11.6 Å². The number of amides is 2. The maximum Gasteiger partial charge on any atom is 0.230 e. The largest absolute Gasteiger partial charge is 0.309 e. The standard InChI is InChI=1S/C30H28F2N6O2/c31-23-10-3-1-6-19(23)17-29(39)33-27-14-12-25(35-37-27)21-8-5-9-22(16-21)26-13-15-28(38-36-26)34-30(40)18-20-7-2-4-11-24(20)32/h1-4,6-7,10-15,21-22H,5,8-9,16-18H2,(H,33,37,39)(H,34,38,40)/t21-,22-/m0/s1. The molecule has 2 amide bonds. The summed E-state index contributed by atoms with van der Waals surface area (Å²) >= 11 is 0. The van der Waals surface area contributed by atoms with Gasteiger partial charge in [0.2, 0.25) is 11.8 Å². The zero-order chi connectivity index (χ0) is 27.9. The molecule has 5 rings (SSSR count). The molecule has 4 aromatic rings. The number of nitrogens with zero attached hydrogens (tertiary/aromatic N) is 4. The fourth-order valence-corrected chi connectivity index (χ4v) is 4.98. The summed E-state index contributed by atoms with van der Waals surface area (Å²) in [6.07, 6.45) is 3.55. The van der Waals surface area contributed by atoms with Gasteiger partial charge in [0, 0.05) is 11.8 Å². The van der Waals surface area contributed by atoms with Crippen LogP contribution in [-0.2, 0) is 22.4 Å². The van der Waals surface area contributed by atoms with Crippen LogP contribution in [0.15, 0.2) is 72.8 Å². The predicted octanol–water partition coefficient (Wildman–Crippen LogP) is 5.35. The predicted molar refractivity (Wildman–Crippen MR) is 145 cm³/mol. The summed E-state index contributed by atoms with van der Waals surface area (Å²) < 4.78 is 27.6. The summed E-state index contributed by atoms with van der Waals surface area (Å²) in [5.41, 5.74) is 2.31. The van der Waals surface area contributed by atoms with Crippen LogP contribution in [0.4, 0.5) is 20.4 Å². The van der Waals surface area contributed by atoms with E-state index in [0.29, 0.717) is 22.8 Å². The first-order valence-corrected chi connectivity index (χ1v) is 13.2. The number of halogens is 2. The molecule has 10 heteroatoms. The molecule has 2 aromatic heterocycles. The second-order valence-electron chi connectivity index (χ2n) is 9.88. The van der Waals surface area contributed by atoms with Gasteiger partial charge >= 0.3 is 0 Å². The molecule has 2 heterocycles. The first-order chi connectivity index (χ1) is 19.4. The lowest BCUT2D eigenvalue weighted by molar-refractivity contribution is -0.116. The Hall–Kier alpha value is -4.60. The number of nitrogens with one attached hydrogen (secondary N) is 2. The third-order valence-corrected chi connectivity index (χ3v) is 7.03. The first-order valence-electron chi connectivity index (χ1n) is 13.2. The Balaban J connectivity index is 1.15. The van der Waals surface area contributed by atoms with Crippen LogP contribution < -0.4 is 10.6 Å². The summed E-state index contributed by atoms with van der Waals surface area (Å²) in [4.78, 5) is 24.6. The lowest BCUT2D eigenvalue weighted by atomic mass is 9.78. The Labute approximate surface area is 230 Å². The van der Waals surface area contributed by atoms with Crippen molar-refractivity contribution in [2.24, 2.45) is 0 Å². The number of benzene rings is 2. The van der Waals surface area contributed by atoms with E-state index in [1.165, 1.54) is 12.1 Å². The molecule has 40 heavy (non-hydrogen) atoms. The number of carbonyl (C=O) groups excluding carboxylic acids is 2.